The molecule has 3 aromatic heterocycles. The van der Waals surface area contributed by atoms with Gasteiger partial charge in [-0.3, -0.25) is 59.3 Å². The van der Waals surface area contributed by atoms with Gasteiger partial charge < -0.3 is 30.2 Å². The molecule has 9 rings (SSSR count). The third kappa shape index (κ3) is 16.6. The number of benzene rings is 3. The van der Waals surface area contributed by atoms with Crippen molar-refractivity contribution in [3.63, 3.8) is 0 Å². The summed E-state index contributed by atoms with van der Waals surface area (Å²) in [5.41, 5.74) is 9.08. The van der Waals surface area contributed by atoms with Crippen LogP contribution in [-0.4, -0.2) is 163 Å². The second kappa shape index (κ2) is 31.4. The highest BCUT2D eigenvalue weighted by molar-refractivity contribution is 7.94. The summed E-state index contributed by atoms with van der Waals surface area (Å²) >= 11 is 0. The minimum atomic E-state index is -4.09. The Bertz CT molecular complexity index is 4020. The van der Waals surface area contributed by atoms with E-state index in [1.165, 1.54) is 71.4 Å². The lowest BCUT2D eigenvalue weighted by atomic mass is 9.98. The van der Waals surface area contributed by atoms with E-state index in [4.69, 9.17) is 29.8 Å². The standard InChI is InChI=1S/2C22H27N3O6S.C21H25N3O6S/c1-21(2,3)24-19(26)16-6-9-18(23-14-16)15-4-7-17(8-5-15)32(29,30)22(20(27)25-28)10-12-31-13-11-22;1-3-15(2)24-20(26)17-6-9-19(23-14-17)16-4-7-18(8-5-16)32(29,30)22(21(27)25-28)10-12-31-13-11-22;1-14(2)23-19(25)16-5-8-18(22-13-16)15-3-6-17(7-4-15)31(28,29)21(20(26)24-27)9-11-30-12-10-21/h4-9,14,28H,10-13H2,1-3H3,(H,24,26)(H,25,27);4-9,14-15,28H,3,10-13H2,1-2H3,(H,24,26)(H,25,27);3-8,13-14,27H,9-12H2,1-2H3,(H,23,25)(H,24,26). The molecule has 3 aromatic carbocycles. The number of sulfone groups is 3. The summed E-state index contributed by atoms with van der Waals surface area (Å²) in [5.74, 6) is -3.55. The molecule has 6 aromatic rings. The van der Waals surface area contributed by atoms with Gasteiger partial charge in [-0.2, -0.15) is 0 Å². The molecule has 27 nitrogen and oxygen atoms in total. The Labute approximate surface area is 551 Å². The molecule has 9 N–H and O–H groups in total. The number of ether oxygens (including phenoxy) is 3. The molecule has 0 aliphatic carbocycles. The predicted molar refractivity (Wildman–Crippen MR) is 346 cm³/mol. The molecule has 6 amide bonds. The van der Waals surface area contributed by atoms with Gasteiger partial charge in [-0.15, -0.1) is 0 Å². The Hall–Kier alpha value is -8.46. The van der Waals surface area contributed by atoms with Crippen LogP contribution in [0.3, 0.4) is 0 Å². The second-order valence-corrected chi connectivity index (χ2v) is 30.9. The van der Waals surface area contributed by atoms with E-state index in [1.54, 1.807) is 72.8 Å². The molecular formula is C65H79N9O18S3. The summed E-state index contributed by atoms with van der Waals surface area (Å²) < 4.78 is 90.1. The van der Waals surface area contributed by atoms with Crippen molar-refractivity contribution in [1.82, 2.24) is 47.3 Å². The molecular weight excluding hydrogens is 1290 g/mol. The number of pyridine rings is 3. The average Bonchev–Trinajstić information content (AvgIpc) is 0.768. The van der Waals surface area contributed by atoms with Gasteiger partial charge in [-0.05, 0) is 159 Å². The Morgan fingerprint density at radius 2 is 0.716 bits per heavy atom. The van der Waals surface area contributed by atoms with Gasteiger partial charge in [0.1, 0.15) is 0 Å². The summed E-state index contributed by atoms with van der Waals surface area (Å²) in [7, 11) is -12.3. The van der Waals surface area contributed by atoms with E-state index in [-0.39, 0.29) is 128 Å². The number of nitrogens with zero attached hydrogens (tertiary/aromatic N) is 3. The summed E-state index contributed by atoms with van der Waals surface area (Å²) in [5, 5.41) is 35.9. The highest BCUT2D eigenvalue weighted by Gasteiger charge is 2.54. The number of hydrogen-bond acceptors (Lipinski definition) is 21. The first-order valence-corrected chi connectivity index (χ1v) is 34.9. The van der Waals surface area contributed by atoms with Crippen LogP contribution in [0.5, 0.6) is 0 Å². The number of carbonyl (C=O) groups is 6. The molecule has 1 unspecified atom stereocenters. The normalized spacial score (nSPS) is 16.3. The zero-order valence-corrected chi connectivity index (χ0v) is 56.0. The van der Waals surface area contributed by atoms with Crippen molar-refractivity contribution in [2.45, 2.75) is 140 Å². The minimum absolute atomic E-state index is 0.00797. The van der Waals surface area contributed by atoms with Crippen LogP contribution in [0.25, 0.3) is 33.8 Å². The van der Waals surface area contributed by atoms with E-state index in [1.807, 2.05) is 48.5 Å². The van der Waals surface area contributed by atoms with Crippen LogP contribution in [0.1, 0.15) is 124 Å². The quantitative estimate of drug-likeness (QED) is 0.0356. The third-order valence-electron chi connectivity index (χ3n) is 16.3. The molecule has 0 saturated carbocycles. The van der Waals surface area contributed by atoms with Crippen molar-refractivity contribution in [1.29, 1.82) is 0 Å². The van der Waals surface area contributed by atoms with Crippen molar-refractivity contribution < 1.29 is 83.9 Å². The monoisotopic (exact) mass is 1370 g/mol. The van der Waals surface area contributed by atoms with E-state index < -0.39 is 61.5 Å². The van der Waals surface area contributed by atoms with Gasteiger partial charge in [0.15, 0.2) is 43.8 Å². The van der Waals surface area contributed by atoms with Crippen LogP contribution in [-0.2, 0) is 58.1 Å². The highest BCUT2D eigenvalue weighted by atomic mass is 32.2. The topological polar surface area (TPSA) is 404 Å². The number of hydroxylamine groups is 3. The zero-order valence-electron chi connectivity index (χ0n) is 53.5. The van der Waals surface area contributed by atoms with Gasteiger partial charge in [0, 0.05) is 92.5 Å². The fourth-order valence-electron chi connectivity index (χ4n) is 10.6. The molecule has 3 fully saturated rings. The molecule has 3 aliphatic heterocycles. The number of carbonyl (C=O) groups excluding carboxylic acids is 6. The zero-order chi connectivity index (χ0) is 69.6. The average molecular weight is 1370 g/mol. The van der Waals surface area contributed by atoms with Crippen molar-refractivity contribution in [2.24, 2.45) is 0 Å². The summed E-state index contributed by atoms with van der Waals surface area (Å²) in [6.07, 6.45) is 4.91. The van der Waals surface area contributed by atoms with Crippen molar-refractivity contribution in [3.05, 3.63) is 144 Å². The molecule has 0 spiro atoms. The van der Waals surface area contributed by atoms with Gasteiger partial charge in [0.2, 0.25) is 0 Å². The van der Waals surface area contributed by atoms with Crippen LogP contribution in [0.15, 0.2) is 142 Å². The van der Waals surface area contributed by atoms with Crippen LogP contribution in [0.4, 0.5) is 0 Å². The molecule has 1 atom stereocenters. The molecule has 95 heavy (non-hydrogen) atoms. The Morgan fingerprint density at radius 1 is 0.442 bits per heavy atom. The first-order valence-electron chi connectivity index (χ1n) is 30.4. The number of rotatable bonds is 18. The Morgan fingerprint density at radius 3 is 0.947 bits per heavy atom. The maximum Gasteiger partial charge on any atom is 0.265 e. The second-order valence-electron chi connectivity index (χ2n) is 24.1. The van der Waals surface area contributed by atoms with Crippen LogP contribution in [0.2, 0.25) is 0 Å². The van der Waals surface area contributed by atoms with E-state index in [0.717, 1.165) is 6.42 Å². The largest absolute Gasteiger partial charge is 0.381 e. The lowest BCUT2D eigenvalue weighted by Gasteiger charge is -2.34. The Balaban J connectivity index is 0.000000201. The smallest absolute Gasteiger partial charge is 0.265 e. The van der Waals surface area contributed by atoms with Crippen molar-refractivity contribution in [2.75, 3.05) is 39.6 Å². The molecule has 3 saturated heterocycles. The SMILES string of the molecule is CC(C)(C)NC(=O)c1ccc(-c2ccc(S(=O)(=O)C3(C(=O)NO)CCOCC3)cc2)nc1.CC(C)NC(=O)c1ccc(-c2ccc(S(=O)(=O)C3(C(=O)NO)CCOCC3)cc2)nc1.CCC(C)NC(=O)c1ccc(-c2ccc(S(=O)(=O)C3(C(=O)NO)CCOCC3)cc2)nc1. The van der Waals surface area contributed by atoms with Gasteiger partial charge >= 0.3 is 0 Å². The van der Waals surface area contributed by atoms with Gasteiger partial charge in [-0.1, -0.05) is 43.3 Å². The first kappa shape index (κ1) is 73.9. The van der Waals surface area contributed by atoms with E-state index >= 15 is 0 Å². The molecule has 510 valence electrons. The summed E-state index contributed by atoms with van der Waals surface area (Å²) in [6.45, 7) is 13.9. The fraction of sp³-hybridized carbons (Fsp3) is 0.400. The predicted octanol–water partition coefficient (Wildman–Crippen LogP) is 5.93. The van der Waals surface area contributed by atoms with Gasteiger partial charge in [0.05, 0.1) is 48.5 Å². The number of amides is 6. The van der Waals surface area contributed by atoms with Crippen molar-refractivity contribution in [3.8, 4) is 33.8 Å². The summed E-state index contributed by atoms with van der Waals surface area (Å²) in [6, 6.07) is 28.1. The Kier molecular flexibility index (Phi) is 24.4. The lowest BCUT2D eigenvalue weighted by Crippen LogP contribution is -2.54. The van der Waals surface area contributed by atoms with E-state index in [2.05, 4.69) is 30.9 Å². The van der Waals surface area contributed by atoms with Crippen LogP contribution in [0, 0.1) is 0 Å². The summed E-state index contributed by atoms with van der Waals surface area (Å²) in [4.78, 5) is 86.3. The maximum absolute atomic E-state index is 13.3. The minimum Gasteiger partial charge on any atom is -0.381 e. The number of hydrogen-bond donors (Lipinski definition) is 9. The lowest BCUT2D eigenvalue weighted by molar-refractivity contribution is -0.135. The molecule has 6 heterocycles. The number of aromatic nitrogens is 3. The van der Waals surface area contributed by atoms with Gasteiger partial charge in [0.25, 0.3) is 35.4 Å². The van der Waals surface area contributed by atoms with Gasteiger partial charge in [-0.25, -0.2) is 41.7 Å². The van der Waals surface area contributed by atoms with Crippen LogP contribution >= 0.6 is 0 Å². The molecule has 3 aliphatic rings. The van der Waals surface area contributed by atoms with Crippen molar-refractivity contribution >= 4 is 65.0 Å². The molecule has 30 heteroatoms. The molecule has 0 radical (unpaired) electrons. The van der Waals surface area contributed by atoms with E-state index in [0.29, 0.717) is 50.5 Å². The van der Waals surface area contributed by atoms with Crippen LogP contribution < -0.4 is 32.4 Å². The van der Waals surface area contributed by atoms with E-state index in [9.17, 15) is 54.0 Å². The third-order valence-corrected chi connectivity index (χ3v) is 23.9. The number of nitrogens with one attached hydrogen (secondary N) is 6. The fourth-order valence-corrected chi connectivity index (χ4v) is 16.4. The molecule has 0 bridgehead atoms. The first-order chi connectivity index (χ1) is 45.0. The maximum atomic E-state index is 13.3. The highest BCUT2D eigenvalue weighted by Crippen LogP contribution is 2.39.